The number of rotatable bonds is 4. The smallest absolute Gasteiger partial charge is 0.0371 e. The fraction of sp³-hybridized carbons (Fsp3) is 0.765. The largest absolute Gasteiger partial charge is 0.353 e. The molecule has 1 unspecified atom stereocenters. The maximum absolute atomic E-state index is 6.47. The second kappa shape index (κ2) is 4.37. The summed E-state index contributed by atoms with van der Waals surface area (Å²) in [6.07, 6.45) is 14.6. The van der Waals surface area contributed by atoms with E-state index in [2.05, 4.69) is 29.1 Å². The average Bonchev–Trinajstić information content (AvgIpc) is 2.78. The zero-order valence-electron chi connectivity index (χ0n) is 11.8. The van der Waals surface area contributed by atoms with Crippen LogP contribution >= 0.6 is 0 Å². The molecular formula is C17H26N2. The highest BCUT2D eigenvalue weighted by molar-refractivity contribution is 5.02. The lowest BCUT2D eigenvalue weighted by atomic mass is 9.48. The third-order valence-electron chi connectivity index (χ3n) is 5.97. The molecule has 4 fully saturated rings. The zero-order chi connectivity index (χ0) is 12.9. The Morgan fingerprint density at radius 1 is 1.00 bits per heavy atom. The van der Waals surface area contributed by atoms with E-state index in [4.69, 9.17) is 5.73 Å². The van der Waals surface area contributed by atoms with Crippen LogP contribution in [0.2, 0.25) is 0 Å². The molecule has 1 heterocycles. The Bertz CT molecular complexity index is 399. The summed E-state index contributed by atoms with van der Waals surface area (Å²) in [4.78, 5) is 0. The molecule has 2 heteroatoms. The fourth-order valence-electron chi connectivity index (χ4n) is 5.92. The lowest BCUT2D eigenvalue weighted by Gasteiger charge is -2.57. The van der Waals surface area contributed by atoms with Crippen LogP contribution in [-0.4, -0.2) is 10.6 Å². The number of nitrogens with two attached hydrogens (primary N) is 1. The van der Waals surface area contributed by atoms with E-state index in [1.807, 2.05) is 0 Å². The Labute approximate surface area is 116 Å². The maximum Gasteiger partial charge on any atom is 0.0371 e. The molecule has 1 aromatic rings. The van der Waals surface area contributed by atoms with Crippen molar-refractivity contribution in [3.05, 3.63) is 24.5 Å². The molecular weight excluding hydrogens is 232 g/mol. The van der Waals surface area contributed by atoms with Crippen molar-refractivity contribution >= 4 is 0 Å². The van der Waals surface area contributed by atoms with Gasteiger partial charge in [-0.05, 0) is 80.2 Å². The van der Waals surface area contributed by atoms with Crippen LogP contribution in [0.25, 0.3) is 0 Å². The Morgan fingerprint density at radius 3 is 2.05 bits per heavy atom. The molecule has 4 saturated carbocycles. The summed E-state index contributed by atoms with van der Waals surface area (Å²) in [5.41, 5.74) is 7.09. The van der Waals surface area contributed by atoms with Gasteiger partial charge in [-0.15, -0.1) is 0 Å². The Kier molecular flexibility index (Phi) is 2.77. The van der Waals surface area contributed by atoms with Crippen LogP contribution in [0.3, 0.4) is 0 Å². The molecule has 0 spiro atoms. The third kappa shape index (κ3) is 2.24. The summed E-state index contributed by atoms with van der Waals surface area (Å²) >= 11 is 0. The molecule has 4 aliphatic carbocycles. The Hall–Kier alpha value is -0.760. The third-order valence-corrected chi connectivity index (χ3v) is 5.97. The molecule has 0 saturated heterocycles. The lowest BCUT2D eigenvalue weighted by Crippen LogP contribution is -2.48. The second-order valence-corrected chi connectivity index (χ2v) is 7.76. The normalized spacial score (nSPS) is 41.6. The number of hydrogen-bond acceptors (Lipinski definition) is 1. The molecule has 2 N–H and O–H groups in total. The van der Waals surface area contributed by atoms with Crippen LogP contribution in [0.5, 0.6) is 0 Å². The van der Waals surface area contributed by atoms with E-state index < -0.39 is 0 Å². The first-order valence-corrected chi connectivity index (χ1v) is 8.07. The van der Waals surface area contributed by atoms with Gasteiger partial charge < -0.3 is 10.3 Å². The Morgan fingerprint density at radius 2 is 1.53 bits per heavy atom. The first kappa shape index (κ1) is 12.0. The highest BCUT2D eigenvalue weighted by Crippen LogP contribution is 2.61. The molecule has 0 aliphatic heterocycles. The minimum Gasteiger partial charge on any atom is -0.353 e. The molecule has 4 bridgehead atoms. The topological polar surface area (TPSA) is 30.9 Å². The van der Waals surface area contributed by atoms with Gasteiger partial charge in [0.05, 0.1) is 0 Å². The van der Waals surface area contributed by atoms with Gasteiger partial charge in [-0.25, -0.2) is 0 Å². The van der Waals surface area contributed by atoms with Crippen LogP contribution < -0.4 is 5.73 Å². The van der Waals surface area contributed by atoms with Crippen molar-refractivity contribution in [3.63, 3.8) is 0 Å². The van der Waals surface area contributed by atoms with Crippen LogP contribution in [-0.2, 0) is 6.54 Å². The first-order valence-electron chi connectivity index (χ1n) is 8.07. The van der Waals surface area contributed by atoms with E-state index in [9.17, 15) is 0 Å². The van der Waals surface area contributed by atoms with Gasteiger partial charge in [0.1, 0.15) is 0 Å². The van der Waals surface area contributed by atoms with E-state index >= 15 is 0 Å². The predicted octanol–water partition coefficient (Wildman–Crippen LogP) is 3.42. The molecule has 2 nitrogen and oxygen atoms in total. The lowest BCUT2D eigenvalue weighted by molar-refractivity contribution is -0.0609. The van der Waals surface area contributed by atoms with Crippen molar-refractivity contribution in [2.75, 3.05) is 0 Å². The minimum absolute atomic E-state index is 0.337. The highest BCUT2D eigenvalue weighted by Gasteiger charge is 2.50. The SMILES string of the molecule is NC(Cn1cccc1)CC12CC3CC(CC(C3)C1)C2. The van der Waals surface area contributed by atoms with Crippen molar-refractivity contribution < 1.29 is 0 Å². The van der Waals surface area contributed by atoms with E-state index in [0.29, 0.717) is 11.5 Å². The van der Waals surface area contributed by atoms with E-state index in [0.717, 1.165) is 24.3 Å². The number of aromatic nitrogens is 1. The number of hydrogen-bond donors (Lipinski definition) is 1. The monoisotopic (exact) mass is 258 g/mol. The van der Waals surface area contributed by atoms with Crippen LogP contribution in [0, 0.1) is 23.2 Å². The maximum atomic E-state index is 6.47. The first-order chi connectivity index (χ1) is 9.21. The average molecular weight is 258 g/mol. The standard InChI is InChI=1S/C17H26N2/c18-16(12-19-3-1-2-4-19)11-17-8-13-5-14(9-17)7-15(6-13)10-17/h1-4,13-16H,5-12,18H2. The molecule has 1 aromatic heterocycles. The molecule has 19 heavy (non-hydrogen) atoms. The molecule has 0 aromatic carbocycles. The van der Waals surface area contributed by atoms with Gasteiger partial charge in [0.15, 0.2) is 0 Å². The minimum atomic E-state index is 0.337. The molecule has 5 rings (SSSR count). The van der Waals surface area contributed by atoms with Gasteiger partial charge >= 0.3 is 0 Å². The van der Waals surface area contributed by atoms with E-state index in [-0.39, 0.29) is 0 Å². The second-order valence-electron chi connectivity index (χ2n) is 7.76. The summed E-state index contributed by atoms with van der Waals surface area (Å²) in [6, 6.07) is 4.53. The van der Waals surface area contributed by atoms with E-state index in [1.165, 1.54) is 44.9 Å². The molecule has 0 radical (unpaired) electrons. The summed E-state index contributed by atoms with van der Waals surface area (Å²) in [5.74, 6) is 3.14. The molecule has 104 valence electrons. The van der Waals surface area contributed by atoms with Gasteiger partial charge in [0.25, 0.3) is 0 Å². The van der Waals surface area contributed by atoms with Gasteiger partial charge in [0.2, 0.25) is 0 Å². The molecule has 0 amide bonds. The van der Waals surface area contributed by atoms with Crippen LogP contribution in [0.1, 0.15) is 44.9 Å². The highest BCUT2D eigenvalue weighted by atomic mass is 15.0. The van der Waals surface area contributed by atoms with Crippen LogP contribution in [0.4, 0.5) is 0 Å². The summed E-state index contributed by atoms with van der Waals surface area (Å²) < 4.78 is 2.24. The van der Waals surface area contributed by atoms with Crippen molar-refractivity contribution in [1.29, 1.82) is 0 Å². The van der Waals surface area contributed by atoms with Gasteiger partial charge in [-0.2, -0.15) is 0 Å². The van der Waals surface area contributed by atoms with Gasteiger partial charge in [-0.3, -0.25) is 0 Å². The van der Waals surface area contributed by atoms with Gasteiger partial charge in [0, 0.05) is 25.0 Å². The van der Waals surface area contributed by atoms with Crippen molar-refractivity contribution in [2.24, 2.45) is 28.9 Å². The zero-order valence-corrected chi connectivity index (χ0v) is 11.8. The molecule has 4 aliphatic rings. The molecule has 1 atom stereocenters. The quantitative estimate of drug-likeness (QED) is 0.881. The van der Waals surface area contributed by atoms with Crippen LogP contribution in [0.15, 0.2) is 24.5 Å². The van der Waals surface area contributed by atoms with Crippen molar-refractivity contribution in [1.82, 2.24) is 4.57 Å². The van der Waals surface area contributed by atoms with Crippen molar-refractivity contribution in [2.45, 2.75) is 57.5 Å². The number of nitrogens with zero attached hydrogens (tertiary/aromatic N) is 1. The van der Waals surface area contributed by atoms with Crippen molar-refractivity contribution in [3.8, 4) is 0 Å². The predicted molar refractivity (Wildman–Crippen MR) is 77.6 cm³/mol. The van der Waals surface area contributed by atoms with Gasteiger partial charge in [-0.1, -0.05) is 0 Å². The summed E-state index contributed by atoms with van der Waals surface area (Å²) in [6.45, 7) is 0.995. The summed E-state index contributed by atoms with van der Waals surface area (Å²) in [7, 11) is 0. The Balaban J connectivity index is 1.44. The fourth-order valence-corrected chi connectivity index (χ4v) is 5.92. The van der Waals surface area contributed by atoms with E-state index in [1.54, 1.807) is 0 Å². The summed E-state index contributed by atoms with van der Waals surface area (Å²) in [5, 5.41) is 0.